The summed E-state index contributed by atoms with van der Waals surface area (Å²) in [5.41, 5.74) is 1.26. The molecule has 0 radical (unpaired) electrons. The van der Waals surface area contributed by atoms with E-state index in [2.05, 4.69) is 10.3 Å². The summed E-state index contributed by atoms with van der Waals surface area (Å²) in [7, 11) is 0. The number of nitrogens with zero attached hydrogens (tertiary/aromatic N) is 3. The maximum absolute atomic E-state index is 12.5. The summed E-state index contributed by atoms with van der Waals surface area (Å²) in [5.74, 6) is 0.696. The van der Waals surface area contributed by atoms with Crippen LogP contribution in [0, 0.1) is 5.92 Å². The fraction of sp³-hybridized carbons (Fsp3) is 0.591. The van der Waals surface area contributed by atoms with Crippen molar-refractivity contribution in [1.29, 1.82) is 0 Å². The molecule has 8 nitrogen and oxygen atoms in total. The van der Waals surface area contributed by atoms with Crippen LogP contribution >= 0.6 is 0 Å². The van der Waals surface area contributed by atoms with E-state index in [1.54, 1.807) is 0 Å². The molecule has 0 saturated carbocycles. The number of ether oxygens (including phenoxy) is 1. The minimum absolute atomic E-state index is 0.110. The number of amides is 2. The molecule has 1 fully saturated rings. The second-order valence-electron chi connectivity index (χ2n) is 8.12. The number of carbonyl (C=O) groups is 2. The van der Waals surface area contributed by atoms with Gasteiger partial charge in [-0.05, 0) is 30.9 Å². The summed E-state index contributed by atoms with van der Waals surface area (Å²) in [6.45, 7) is 8.82. The third-order valence-corrected chi connectivity index (χ3v) is 5.14. The number of nitrogens with one attached hydrogen (secondary N) is 1. The van der Waals surface area contributed by atoms with Crippen molar-refractivity contribution in [2.45, 2.75) is 59.2 Å². The zero-order valence-electron chi connectivity index (χ0n) is 18.1. The highest BCUT2D eigenvalue weighted by Crippen LogP contribution is 2.17. The maximum atomic E-state index is 12.5. The molecule has 1 aliphatic rings. The third-order valence-electron chi connectivity index (χ3n) is 5.14. The van der Waals surface area contributed by atoms with E-state index in [4.69, 9.17) is 9.15 Å². The average molecular weight is 417 g/mol. The van der Waals surface area contributed by atoms with Gasteiger partial charge in [0.1, 0.15) is 6.26 Å². The van der Waals surface area contributed by atoms with E-state index in [0.717, 1.165) is 25.1 Å². The maximum Gasteiger partial charge on any atom is 0.273 e. The second-order valence-corrected chi connectivity index (χ2v) is 8.12. The molecule has 0 unspecified atom stereocenters. The molecule has 0 bridgehead atoms. The van der Waals surface area contributed by atoms with Crippen LogP contribution in [0.3, 0.4) is 0 Å². The van der Waals surface area contributed by atoms with Crippen LogP contribution < -0.4 is 5.32 Å². The van der Waals surface area contributed by atoms with Gasteiger partial charge in [0.25, 0.3) is 5.91 Å². The minimum atomic E-state index is -0.234. The standard InChI is InChI=1S/C22H32N4O4/c1-4-21(27)26(13-18-8-6-10-29-18)12-17-7-5-9-25(17)14-20-24-19(15-30-20)22(28)23-11-16(2)3/h5,7,9,15-16,18H,4,6,8,10-14H2,1-3H3,(H,23,28)/t18-/m0/s1. The van der Waals surface area contributed by atoms with Crippen molar-refractivity contribution in [2.75, 3.05) is 19.7 Å². The van der Waals surface area contributed by atoms with Gasteiger partial charge in [-0.25, -0.2) is 4.98 Å². The molecule has 0 spiro atoms. The van der Waals surface area contributed by atoms with Crippen LogP contribution in [0.15, 0.2) is 29.0 Å². The quantitative estimate of drug-likeness (QED) is 0.643. The number of hydrogen-bond donors (Lipinski definition) is 1. The molecule has 1 atom stereocenters. The van der Waals surface area contributed by atoms with Crippen LogP contribution in [0.5, 0.6) is 0 Å². The Morgan fingerprint density at radius 3 is 2.93 bits per heavy atom. The molecule has 164 valence electrons. The summed E-state index contributed by atoms with van der Waals surface area (Å²) in [4.78, 5) is 30.8. The van der Waals surface area contributed by atoms with Crippen molar-refractivity contribution in [3.63, 3.8) is 0 Å². The predicted octanol–water partition coefficient (Wildman–Crippen LogP) is 2.83. The van der Waals surface area contributed by atoms with E-state index in [1.165, 1.54) is 6.26 Å². The van der Waals surface area contributed by atoms with Crippen LogP contribution in [-0.2, 0) is 22.6 Å². The van der Waals surface area contributed by atoms with E-state index >= 15 is 0 Å². The van der Waals surface area contributed by atoms with Gasteiger partial charge in [-0.1, -0.05) is 20.8 Å². The monoisotopic (exact) mass is 416 g/mol. The lowest BCUT2D eigenvalue weighted by molar-refractivity contribution is -0.133. The van der Waals surface area contributed by atoms with Crippen LogP contribution in [0.25, 0.3) is 0 Å². The molecule has 2 aromatic heterocycles. The fourth-order valence-corrected chi connectivity index (χ4v) is 3.48. The molecule has 1 aliphatic heterocycles. The summed E-state index contributed by atoms with van der Waals surface area (Å²) < 4.78 is 13.2. The lowest BCUT2D eigenvalue weighted by Crippen LogP contribution is -2.37. The van der Waals surface area contributed by atoms with Gasteiger partial charge in [0.05, 0.1) is 19.2 Å². The molecule has 1 N–H and O–H groups in total. The Labute approximate surface area is 177 Å². The molecule has 0 aromatic carbocycles. The predicted molar refractivity (Wildman–Crippen MR) is 112 cm³/mol. The van der Waals surface area contributed by atoms with Gasteiger partial charge >= 0.3 is 0 Å². The number of rotatable bonds is 10. The van der Waals surface area contributed by atoms with Crippen molar-refractivity contribution in [3.05, 3.63) is 41.9 Å². The van der Waals surface area contributed by atoms with Crippen molar-refractivity contribution < 1.29 is 18.7 Å². The number of aromatic nitrogens is 2. The first kappa shape index (κ1) is 22.1. The molecule has 2 aromatic rings. The largest absolute Gasteiger partial charge is 0.446 e. The van der Waals surface area contributed by atoms with E-state index in [-0.39, 0.29) is 23.6 Å². The second kappa shape index (κ2) is 10.4. The summed E-state index contributed by atoms with van der Waals surface area (Å²) in [6, 6.07) is 3.93. The molecule has 3 rings (SSSR count). The SMILES string of the molecule is CCC(=O)N(Cc1cccn1Cc1nc(C(=O)NCC(C)C)co1)C[C@@H]1CCCO1. The highest BCUT2D eigenvalue weighted by Gasteiger charge is 2.23. The molecule has 8 heteroatoms. The van der Waals surface area contributed by atoms with Crippen molar-refractivity contribution in [2.24, 2.45) is 5.92 Å². The minimum Gasteiger partial charge on any atom is -0.446 e. The average Bonchev–Trinajstić information content (AvgIpc) is 3.48. The Kier molecular flexibility index (Phi) is 7.68. The summed E-state index contributed by atoms with van der Waals surface area (Å²) in [5, 5.41) is 2.84. The number of carbonyl (C=O) groups excluding carboxylic acids is 2. The van der Waals surface area contributed by atoms with Gasteiger partial charge in [0, 0.05) is 38.0 Å². The Morgan fingerprint density at radius 1 is 1.40 bits per heavy atom. The van der Waals surface area contributed by atoms with E-state index in [9.17, 15) is 9.59 Å². The fourth-order valence-electron chi connectivity index (χ4n) is 3.48. The Hall–Kier alpha value is -2.61. The van der Waals surface area contributed by atoms with Crippen molar-refractivity contribution in [1.82, 2.24) is 19.8 Å². The number of oxazole rings is 1. The Balaban J connectivity index is 1.64. The molecule has 30 heavy (non-hydrogen) atoms. The van der Waals surface area contributed by atoms with E-state index in [1.807, 2.05) is 48.6 Å². The molecule has 0 aliphatic carbocycles. The first-order valence-electron chi connectivity index (χ1n) is 10.7. The van der Waals surface area contributed by atoms with Gasteiger partial charge in [-0.3, -0.25) is 9.59 Å². The molecule has 3 heterocycles. The number of hydrogen-bond acceptors (Lipinski definition) is 5. The Bertz CT molecular complexity index is 836. The van der Waals surface area contributed by atoms with Crippen LogP contribution in [0.1, 0.15) is 62.1 Å². The third kappa shape index (κ3) is 5.95. The summed E-state index contributed by atoms with van der Waals surface area (Å²) >= 11 is 0. The highest BCUT2D eigenvalue weighted by atomic mass is 16.5. The molecule has 1 saturated heterocycles. The van der Waals surface area contributed by atoms with Gasteiger partial charge in [0.2, 0.25) is 11.8 Å². The van der Waals surface area contributed by atoms with Crippen molar-refractivity contribution in [3.8, 4) is 0 Å². The highest BCUT2D eigenvalue weighted by molar-refractivity contribution is 5.91. The van der Waals surface area contributed by atoms with Gasteiger partial charge in [0.15, 0.2) is 5.69 Å². The van der Waals surface area contributed by atoms with Crippen LogP contribution in [-0.4, -0.2) is 52.1 Å². The first-order chi connectivity index (χ1) is 14.5. The van der Waals surface area contributed by atoms with Crippen LogP contribution in [0.2, 0.25) is 0 Å². The normalized spacial score (nSPS) is 16.2. The zero-order chi connectivity index (χ0) is 21.5. The molecule has 2 amide bonds. The van der Waals surface area contributed by atoms with E-state index in [0.29, 0.717) is 44.4 Å². The lowest BCUT2D eigenvalue weighted by Gasteiger charge is -2.25. The summed E-state index contributed by atoms with van der Waals surface area (Å²) in [6.07, 6.45) is 5.93. The van der Waals surface area contributed by atoms with Gasteiger partial charge in [-0.15, -0.1) is 0 Å². The first-order valence-corrected chi connectivity index (χ1v) is 10.7. The van der Waals surface area contributed by atoms with Crippen molar-refractivity contribution >= 4 is 11.8 Å². The van der Waals surface area contributed by atoms with E-state index < -0.39 is 0 Å². The van der Waals surface area contributed by atoms with Crippen LogP contribution in [0.4, 0.5) is 0 Å². The Morgan fingerprint density at radius 2 is 2.23 bits per heavy atom. The zero-order valence-corrected chi connectivity index (χ0v) is 18.1. The molecular weight excluding hydrogens is 384 g/mol. The van der Waals surface area contributed by atoms with Gasteiger partial charge in [-0.2, -0.15) is 0 Å². The lowest BCUT2D eigenvalue weighted by atomic mass is 10.2. The topological polar surface area (TPSA) is 89.6 Å². The smallest absolute Gasteiger partial charge is 0.273 e. The molecular formula is C22H32N4O4. The van der Waals surface area contributed by atoms with Gasteiger partial charge < -0.3 is 23.9 Å².